The standard InChI is InChI=1S/C32H35NO6S2/c1-4-6-24(7-5-2)25-12-14-29(15-13-25)37-20-23-8-10-26(11-9-23)28-17-31(40-22-28)21-38-30-16-27(18-33-19-30)32(34)39-41(3,35)36/h8-19,22,24H,4-7,20-21H2,1-3H3. The van der Waals surface area contributed by atoms with Crippen molar-refractivity contribution in [3.8, 4) is 22.6 Å². The Morgan fingerprint density at radius 2 is 1.54 bits per heavy atom. The van der Waals surface area contributed by atoms with Crippen LogP contribution in [-0.2, 0) is 27.5 Å². The van der Waals surface area contributed by atoms with E-state index in [-0.39, 0.29) is 12.2 Å². The van der Waals surface area contributed by atoms with Crippen molar-refractivity contribution in [2.45, 2.75) is 58.7 Å². The first-order valence-corrected chi connectivity index (χ1v) is 16.3. The molecule has 0 fully saturated rings. The summed E-state index contributed by atoms with van der Waals surface area (Å²) in [4.78, 5) is 16.9. The lowest BCUT2D eigenvalue weighted by Gasteiger charge is -2.16. The molecule has 0 aliphatic heterocycles. The summed E-state index contributed by atoms with van der Waals surface area (Å²) in [5.74, 6) is 0.834. The molecule has 0 amide bonds. The third kappa shape index (κ3) is 9.16. The lowest BCUT2D eigenvalue weighted by atomic mass is 9.90. The molecule has 2 aromatic carbocycles. The lowest BCUT2D eigenvalue weighted by molar-refractivity contribution is 0.0747. The van der Waals surface area contributed by atoms with Crippen molar-refractivity contribution in [3.05, 3.63) is 100 Å². The molecule has 4 rings (SSSR count). The number of rotatable bonds is 14. The van der Waals surface area contributed by atoms with E-state index in [9.17, 15) is 13.2 Å². The van der Waals surface area contributed by atoms with Crippen LogP contribution in [0.1, 0.15) is 71.8 Å². The number of aromatic nitrogens is 1. The number of pyridine rings is 1. The molecule has 0 atom stereocenters. The van der Waals surface area contributed by atoms with Gasteiger partial charge in [-0.2, -0.15) is 8.42 Å². The van der Waals surface area contributed by atoms with Gasteiger partial charge in [0.2, 0.25) is 0 Å². The zero-order valence-electron chi connectivity index (χ0n) is 23.5. The zero-order chi connectivity index (χ0) is 29.2. The topological polar surface area (TPSA) is 91.8 Å². The van der Waals surface area contributed by atoms with Gasteiger partial charge in [0.05, 0.1) is 18.0 Å². The molecule has 0 radical (unpaired) electrons. The molecule has 9 heteroatoms. The number of thiophene rings is 1. The first kappa shape index (κ1) is 30.3. The summed E-state index contributed by atoms with van der Waals surface area (Å²) in [6, 6.07) is 20.3. The fourth-order valence-electron chi connectivity index (χ4n) is 4.53. The van der Waals surface area contributed by atoms with E-state index in [2.05, 4.69) is 83.0 Å². The number of ether oxygens (including phenoxy) is 2. The van der Waals surface area contributed by atoms with Gasteiger partial charge < -0.3 is 13.7 Å². The van der Waals surface area contributed by atoms with Gasteiger partial charge in [0.25, 0.3) is 0 Å². The van der Waals surface area contributed by atoms with Crippen molar-refractivity contribution < 1.29 is 26.9 Å². The van der Waals surface area contributed by atoms with Crippen molar-refractivity contribution in [1.29, 1.82) is 0 Å². The van der Waals surface area contributed by atoms with Gasteiger partial charge in [0.15, 0.2) is 0 Å². The highest BCUT2D eigenvalue weighted by Crippen LogP contribution is 2.29. The van der Waals surface area contributed by atoms with Crippen LogP contribution in [0.3, 0.4) is 0 Å². The summed E-state index contributed by atoms with van der Waals surface area (Å²) in [6.45, 7) is 5.26. The summed E-state index contributed by atoms with van der Waals surface area (Å²) < 4.78 is 38.6. The van der Waals surface area contributed by atoms with Gasteiger partial charge in [-0.05, 0) is 70.7 Å². The van der Waals surface area contributed by atoms with E-state index in [4.69, 9.17) is 9.47 Å². The molecule has 2 heterocycles. The van der Waals surface area contributed by atoms with E-state index in [1.807, 2.05) is 0 Å². The molecule has 0 unspecified atom stereocenters. The first-order chi connectivity index (χ1) is 19.7. The molecule has 2 aromatic heterocycles. The number of carbonyl (C=O) groups excluding carboxylic acids is 1. The molecule has 41 heavy (non-hydrogen) atoms. The summed E-state index contributed by atoms with van der Waals surface area (Å²) in [7, 11) is -3.91. The lowest BCUT2D eigenvalue weighted by Crippen LogP contribution is -2.11. The third-order valence-electron chi connectivity index (χ3n) is 6.53. The van der Waals surface area contributed by atoms with E-state index in [1.54, 1.807) is 11.3 Å². The highest BCUT2D eigenvalue weighted by molar-refractivity contribution is 7.86. The van der Waals surface area contributed by atoms with Gasteiger partial charge in [-0.25, -0.2) is 4.79 Å². The maximum atomic E-state index is 12.0. The van der Waals surface area contributed by atoms with Gasteiger partial charge in [-0.1, -0.05) is 63.1 Å². The van der Waals surface area contributed by atoms with Crippen molar-refractivity contribution in [1.82, 2.24) is 4.98 Å². The third-order valence-corrected chi connectivity index (χ3v) is 7.89. The smallest absolute Gasteiger partial charge is 0.355 e. The summed E-state index contributed by atoms with van der Waals surface area (Å²) in [5, 5.41) is 2.06. The molecule has 0 saturated heterocycles. The molecular formula is C32H35NO6S2. The molecule has 0 aliphatic rings. The number of carbonyl (C=O) groups is 1. The Morgan fingerprint density at radius 3 is 2.20 bits per heavy atom. The van der Waals surface area contributed by atoms with Crippen molar-refractivity contribution in [2.75, 3.05) is 6.26 Å². The minimum Gasteiger partial charge on any atom is -0.489 e. The Hall–Kier alpha value is -3.69. The predicted molar refractivity (Wildman–Crippen MR) is 162 cm³/mol. The van der Waals surface area contributed by atoms with Crippen LogP contribution >= 0.6 is 11.3 Å². The normalized spacial score (nSPS) is 11.4. The minimum absolute atomic E-state index is 0.00605. The van der Waals surface area contributed by atoms with E-state index < -0.39 is 16.1 Å². The Bertz CT molecular complexity index is 1520. The van der Waals surface area contributed by atoms with Crippen molar-refractivity contribution in [2.24, 2.45) is 0 Å². The van der Waals surface area contributed by atoms with Crippen LogP contribution in [0.5, 0.6) is 11.5 Å². The Morgan fingerprint density at radius 1 is 0.854 bits per heavy atom. The van der Waals surface area contributed by atoms with Gasteiger partial charge in [0, 0.05) is 11.1 Å². The zero-order valence-corrected chi connectivity index (χ0v) is 25.2. The first-order valence-electron chi connectivity index (χ1n) is 13.6. The molecule has 0 saturated carbocycles. The average molecular weight is 594 g/mol. The van der Waals surface area contributed by atoms with Crippen molar-refractivity contribution in [3.63, 3.8) is 0 Å². The second kappa shape index (κ2) is 14.3. The molecule has 7 nitrogen and oxygen atoms in total. The van der Waals surface area contributed by atoms with Crippen LogP contribution in [0, 0.1) is 0 Å². The summed E-state index contributed by atoms with van der Waals surface area (Å²) in [5.41, 5.74) is 4.65. The minimum atomic E-state index is -3.91. The molecular weight excluding hydrogens is 558 g/mol. The van der Waals surface area contributed by atoms with Crippen molar-refractivity contribution >= 4 is 27.4 Å². The monoisotopic (exact) mass is 593 g/mol. The number of benzene rings is 2. The van der Waals surface area contributed by atoms with E-state index in [1.165, 1.54) is 49.7 Å². The fourth-order valence-corrected chi connectivity index (χ4v) is 5.70. The quantitative estimate of drug-likeness (QED) is 0.138. The van der Waals surface area contributed by atoms with Gasteiger partial charge >= 0.3 is 16.1 Å². The predicted octanol–water partition coefficient (Wildman–Crippen LogP) is 7.77. The molecule has 0 aliphatic carbocycles. The molecule has 216 valence electrons. The number of hydrogen-bond donors (Lipinski definition) is 0. The van der Waals surface area contributed by atoms with Crippen LogP contribution in [0.25, 0.3) is 11.1 Å². The second-order valence-electron chi connectivity index (χ2n) is 9.90. The number of hydrogen-bond acceptors (Lipinski definition) is 8. The van der Waals surface area contributed by atoms with E-state index in [0.29, 0.717) is 18.3 Å². The Labute approximate surface area is 246 Å². The fraction of sp³-hybridized carbons (Fsp3) is 0.312. The van der Waals surface area contributed by atoms with Crippen LogP contribution in [0.4, 0.5) is 0 Å². The number of nitrogens with zero attached hydrogens (tertiary/aromatic N) is 1. The molecule has 0 spiro atoms. The highest BCUT2D eigenvalue weighted by atomic mass is 32.2. The van der Waals surface area contributed by atoms with Crippen LogP contribution in [-0.4, -0.2) is 25.6 Å². The van der Waals surface area contributed by atoms with Crippen LogP contribution in [0.2, 0.25) is 0 Å². The van der Waals surface area contributed by atoms with E-state index >= 15 is 0 Å². The molecule has 4 aromatic rings. The maximum absolute atomic E-state index is 12.0. The Kier molecular flexibility index (Phi) is 10.5. The summed E-state index contributed by atoms with van der Waals surface area (Å²) in [6.07, 6.45) is 8.32. The maximum Gasteiger partial charge on any atom is 0.355 e. The molecule has 0 bridgehead atoms. The van der Waals surface area contributed by atoms with E-state index in [0.717, 1.165) is 33.6 Å². The second-order valence-corrected chi connectivity index (χ2v) is 12.5. The van der Waals surface area contributed by atoms with Crippen LogP contribution in [0.15, 0.2) is 78.4 Å². The van der Waals surface area contributed by atoms with Gasteiger partial charge in [0.1, 0.15) is 24.7 Å². The summed E-state index contributed by atoms with van der Waals surface area (Å²) >= 11 is 1.56. The SMILES string of the molecule is CCCC(CCC)c1ccc(OCc2ccc(-c3csc(COc4cncc(C(=O)OS(C)(=O)=O)c4)c3)cc2)cc1. The average Bonchev–Trinajstić information content (AvgIpc) is 3.44. The largest absolute Gasteiger partial charge is 0.489 e. The van der Waals surface area contributed by atoms with Gasteiger partial charge in [-0.15, -0.1) is 11.3 Å². The molecule has 0 N–H and O–H groups in total. The van der Waals surface area contributed by atoms with Gasteiger partial charge in [-0.3, -0.25) is 4.98 Å². The Balaban J connectivity index is 1.30. The highest BCUT2D eigenvalue weighted by Gasteiger charge is 2.15. The van der Waals surface area contributed by atoms with Crippen LogP contribution < -0.4 is 9.47 Å².